The van der Waals surface area contributed by atoms with Crippen LogP contribution in [-0.4, -0.2) is 4.75 Å². The average molecular weight is 300 g/mol. The Morgan fingerprint density at radius 3 is 2.81 bits per heavy atom. The van der Waals surface area contributed by atoms with Crippen molar-refractivity contribution < 1.29 is 0 Å². The van der Waals surface area contributed by atoms with E-state index in [1.807, 2.05) is 11.9 Å². The van der Waals surface area contributed by atoms with E-state index in [1.165, 1.54) is 28.4 Å². The summed E-state index contributed by atoms with van der Waals surface area (Å²) in [6.07, 6.45) is 2.39. The van der Waals surface area contributed by atoms with E-state index in [0.29, 0.717) is 6.04 Å². The predicted molar refractivity (Wildman–Crippen MR) is 75.7 cm³/mol. The maximum Gasteiger partial charge on any atom is 0.0428 e. The molecule has 0 fully saturated rings. The summed E-state index contributed by atoms with van der Waals surface area (Å²) in [5, 5.41) is 0. The van der Waals surface area contributed by atoms with Gasteiger partial charge in [0.1, 0.15) is 0 Å². The Labute approximate surface area is 111 Å². The van der Waals surface area contributed by atoms with E-state index >= 15 is 0 Å². The summed E-state index contributed by atoms with van der Waals surface area (Å²) in [4.78, 5) is 0. The van der Waals surface area contributed by atoms with Crippen LogP contribution in [0.25, 0.3) is 0 Å². The van der Waals surface area contributed by atoms with Crippen LogP contribution in [-0.2, 0) is 6.42 Å². The molecule has 1 N–H and O–H groups in total. The summed E-state index contributed by atoms with van der Waals surface area (Å²) in [7, 11) is 0. The molecule has 1 aromatic carbocycles. The third-order valence-corrected chi connectivity index (χ3v) is 4.48. The Hall–Kier alpha value is 0.0100. The van der Waals surface area contributed by atoms with Gasteiger partial charge in [0.25, 0.3) is 0 Å². The Bertz CT molecular complexity index is 384. The molecule has 0 amide bonds. The molecule has 3 heteroatoms. The van der Waals surface area contributed by atoms with Crippen LogP contribution >= 0.6 is 27.9 Å². The van der Waals surface area contributed by atoms with Crippen molar-refractivity contribution in [2.24, 2.45) is 0 Å². The summed E-state index contributed by atoms with van der Waals surface area (Å²) in [6.45, 7) is 6.71. The molecule has 0 saturated carbocycles. The van der Waals surface area contributed by atoms with Crippen LogP contribution in [0, 0.1) is 0 Å². The van der Waals surface area contributed by atoms with Crippen LogP contribution in [0.5, 0.6) is 0 Å². The summed E-state index contributed by atoms with van der Waals surface area (Å²) >= 11 is 5.47. The van der Waals surface area contributed by atoms with E-state index in [2.05, 4.69) is 59.6 Å². The highest BCUT2D eigenvalue weighted by molar-refractivity contribution is 9.10. The van der Waals surface area contributed by atoms with E-state index in [0.717, 1.165) is 0 Å². The molecular weight excluding hydrogens is 282 g/mol. The summed E-state index contributed by atoms with van der Waals surface area (Å²) < 4.78 is 5.13. The van der Waals surface area contributed by atoms with Gasteiger partial charge in [-0.05, 0) is 50.8 Å². The predicted octanol–water partition coefficient (Wildman–Crippen LogP) is 4.47. The fourth-order valence-electron chi connectivity index (χ4n) is 1.98. The van der Waals surface area contributed by atoms with Crippen LogP contribution < -0.4 is 4.72 Å². The summed E-state index contributed by atoms with van der Waals surface area (Å²) in [6, 6.07) is 7.02. The van der Waals surface area contributed by atoms with Gasteiger partial charge in [-0.15, -0.1) is 0 Å². The second-order valence-electron chi connectivity index (χ2n) is 5.23. The van der Waals surface area contributed by atoms with E-state index in [1.54, 1.807) is 0 Å². The monoisotopic (exact) mass is 299 g/mol. The zero-order valence-electron chi connectivity index (χ0n) is 10.0. The first-order valence-electron chi connectivity index (χ1n) is 5.68. The first-order chi connectivity index (χ1) is 7.47. The van der Waals surface area contributed by atoms with Crippen molar-refractivity contribution in [1.82, 2.24) is 4.72 Å². The third kappa shape index (κ3) is 2.82. The molecule has 0 aliphatic heterocycles. The smallest absolute Gasteiger partial charge is 0.0428 e. The number of nitrogens with one attached hydrogen (secondary N) is 1. The minimum atomic E-state index is 0.273. The normalized spacial score (nSPS) is 19.9. The molecule has 0 spiro atoms. The number of rotatable bonds is 2. The first kappa shape index (κ1) is 12.5. The SMILES string of the molecule is CC(C)(C)SNC1CCc2c(Br)cccc21. The van der Waals surface area contributed by atoms with Crippen LogP contribution in [0.1, 0.15) is 44.4 Å². The van der Waals surface area contributed by atoms with Crippen LogP contribution in [0.2, 0.25) is 0 Å². The van der Waals surface area contributed by atoms with Gasteiger partial charge in [-0.1, -0.05) is 40.0 Å². The van der Waals surface area contributed by atoms with Crippen LogP contribution in [0.3, 0.4) is 0 Å². The molecule has 88 valence electrons. The fourth-order valence-corrected chi connectivity index (χ4v) is 3.30. The van der Waals surface area contributed by atoms with E-state index in [9.17, 15) is 0 Å². The number of benzene rings is 1. The molecule has 0 heterocycles. The van der Waals surface area contributed by atoms with Gasteiger partial charge in [-0.3, -0.25) is 4.72 Å². The molecule has 1 nitrogen and oxygen atoms in total. The molecule has 1 unspecified atom stereocenters. The van der Waals surface area contributed by atoms with Crippen molar-refractivity contribution in [3.63, 3.8) is 0 Å². The number of hydrogen-bond acceptors (Lipinski definition) is 2. The Kier molecular flexibility index (Phi) is 3.67. The number of halogens is 1. The van der Waals surface area contributed by atoms with Crippen LogP contribution in [0.4, 0.5) is 0 Å². The molecule has 2 rings (SSSR count). The third-order valence-electron chi connectivity index (χ3n) is 2.72. The van der Waals surface area contributed by atoms with Crippen molar-refractivity contribution in [2.45, 2.75) is 44.4 Å². The quantitative estimate of drug-likeness (QED) is 0.809. The van der Waals surface area contributed by atoms with Gasteiger partial charge in [-0.25, -0.2) is 0 Å². The van der Waals surface area contributed by atoms with Gasteiger partial charge in [0, 0.05) is 15.3 Å². The lowest BCUT2D eigenvalue weighted by Crippen LogP contribution is -2.20. The second kappa shape index (κ2) is 4.71. The fraction of sp³-hybridized carbons (Fsp3) is 0.538. The molecule has 0 aromatic heterocycles. The average Bonchev–Trinajstić information content (AvgIpc) is 2.58. The molecule has 16 heavy (non-hydrogen) atoms. The Morgan fingerprint density at radius 1 is 1.38 bits per heavy atom. The minimum absolute atomic E-state index is 0.273. The second-order valence-corrected chi connectivity index (χ2v) is 7.75. The first-order valence-corrected chi connectivity index (χ1v) is 7.29. The van der Waals surface area contributed by atoms with Gasteiger partial charge in [-0.2, -0.15) is 0 Å². The van der Waals surface area contributed by atoms with Gasteiger partial charge in [0.2, 0.25) is 0 Å². The summed E-state index contributed by atoms with van der Waals surface area (Å²) in [5.41, 5.74) is 2.95. The molecule has 1 atom stereocenters. The summed E-state index contributed by atoms with van der Waals surface area (Å²) in [5.74, 6) is 0. The maximum absolute atomic E-state index is 3.63. The van der Waals surface area contributed by atoms with E-state index < -0.39 is 0 Å². The largest absolute Gasteiger partial charge is 0.256 e. The van der Waals surface area contributed by atoms with E-state index in [-0.39, 0.29) is 4.75 Å². The molecule has 1 aromatic rings. The lowest BCUT2D eigenvalue weighted by atomic mass is 10.1. The minimum Gasteiger partial charge on any atom is -0.256 e. The van der Waals surface area contributed by atoms with E-state index in [4.69, 9.17) is 0 Å². The molecule has 1 aliphatic rings. The molecule has 0 radical (unpaired) electrons. The van der Waals surface area contributed by atoms with Crippen molar-refractivity contribution in [3.05, 3.63) is 33.8 Å². The van der Waals surface area contributed by atoms with Crippen molar-refractivity contribution in [1.29, 1.82) is 0 Å². The van der Waals surface area contributed by atoms with Gasteiger partial charge in [0.05, 0.1) is 0 Å². The lowest BCUT2D eigenvalue weighted by molar-refractivity contribution is 0.656. The zero-order chi connectivity index (χ0) is 11.8. The van der Waals surface area contributed by atoms with Gasteiger partial charge >= 0.3 is 0 Å². The van der Waals surface area contributed by atoms with Crippen molar-refractivity contribution in [3.8, 4) is 0 Å². The van der Waals surface area contributed by atoms with Crippen LogP contribution in [0.15, 0.2) is 22.7 Å². The molecular formula is C13H18BrNS. The topological polar surface area (TPSA) is 12.0 Å². The Balaban J connectivity index is 2.09. The Morgan fingerprint density at radius 2 is 2.12 bits per heavy atom. The standard InChI is InChI=1S/C13H18BrNS/c1-13(2,3)16-15-12-8-7-9-10(12)5-4-6-11(9)14/h4-6,12,15H,7-8H2,1-3H3. The van der Waals surface area contributed by atoms with Gasteiger partial charge in [0.15, 0.2) is 0 Å². The zero-order valence-corrected chi connectivity index (χ0v) is 12.4. The molecule has 0 bridgehead atoms. The highest BCUT2D eigenvalue weighted by Gasteiger charge is 2.25. The van der Waals surface area contributed by atoms with Crippen molar-refractivity contribution >= 4 is 27.9 Å². The highest BCUT2D eigenvalue weighted by atomic mass is 79.9. The number of fused-ring (bicyclic) bond motifs is 1. The highest BCUT2D eigenvalue weighted by Crippen LogP contribution is 2.37. The molecule has 1 aliphatic carbocycles. The maximum atomic E-state index is 3.63. The lowest BCUT2D eigenvalue weighted by Gasteiger charge is -2.22. The van der Waals surface area contributed by atoms with Gasteiger partial charge < -0.3 is 0 Å². The number of hydrogen-bond donors (Lipinski definition) is 1. The molecule has 0 saturated heterocycles. The van der Waals surface area contributed by atoms with Crippen molar-refractivity contribution in [2.75, 3.05) is 0 Å².